The average molecular weight is 458 g/mol. The van der Waals surface area contributed by atoms with Gasteiger partial charge in [0.2, 0.25) is 17.7 Å². The van der Waals surface area contributed by atoms with Crippen molar-refractivity contribution in [3.05, 3.63) is 23.9 Å². The van der Waals surface area contributed by atoms with Gasteiger partial charge in [0.05, 0.1) is 37.5 Å². The Hall–Kier alpha value is -2.19. The van der Waals surface area contributed by atoms with Gasteiger partial charge in [0, 0.05) is 30.6 Å². The first-order valence-corrected chi connectivity index (χ1v) is 12.5. The lowest BCUT2D eigenvalue weighted by molar-refractivity contribution is -0.155. The van der Waals surface area contributed by atoms with Gasteiger partial charge in [-0.2, -0.15) is 0 Å². The molecule has 1 N–H and O–H groups in total. The summed E-state index contributed by atoms with van der Waals surface area (Å²) >= 11 is 0. The highest BCUT2D eigenvalue weighted by molar-refractivity contribution is 5.80. The van der Waals surface area contributed by atoms with Gasteiger partial charge >= 0.3 is 0 Å². The fourth-order valence-corrected chi connectivity index (χ4v) is 5.91. The molecule has 5 aliphatic rings. The molecule has 8 heteroatoms. The summed E-state index contributed by atoms with van der Waals surface area (Å²) < 4.78 is 18.0. The maximum absolute atomic E-state index is 13.3. The third-order valence-electron chi connectivity index (χ3n) is 7.70. The van der Waals surface area contributed by atoms with Crippen LogP contribution in [-0.2, 0) is 19.1 Å². The van der Waals surface area contributed by atoms with Crippen LogP contribution in [-0.4, -0.2) is 72.4 Å². The van der Waals surface area contributed by atoms with Crippen LogP contribution in [0, 0.1) is 0 Å². The van der Waals surface area contributed by atoms with Crippen molar-refractivity contribution in [1.29, 1.82) is 0 Å². The fraction of sp³-hybridized carbons (Fsp3) is 0.720. The van der Waals surface area contributed by atoms with Crippen molar-refractivity contribution < 1.29 is 23.8 Å². The highest BCUT2D eigenvalue weighted by atomic mass is 16.5. The van der Waals surface area contributed by atoms with E-state index in [-0.39, 0.29) is 30.6 Å². The summed E-state index contributed by atoms with van der Waals surface area (Å²) in [5, 5.41) is 3.19. The molecule has 0 unspecified atom stereocenters. The van der Waals surface area contributed by atoms with Gasteiger partial charge in [-0.3, -0.25) is 9.59 Å². The molecule has 180 valence electrons. The molecule has 5 heterocycles. The minimum absolute atomic E-state index is 0.0854. The number of morpholine rings is 1. The SMILES string of the molecule is O=C1COC[C@@]2(CCCN3C(=O)CCCCOc4cccc(n4)C4CCC(CC4)OC[C@H]32)N1. The Labute approximate surface area is 195 Å². The van der Waals surface area contributed by atoms with Crippen molar-refractivity contribution in [2.45, 2.75) is 81.4 Å². The van der Waals surface area contributed by atoms with E-state index in [2.05, 4.69) is 11.4 Å². The smallest absolute Gasteiger partial charge is 0.246 e. The molecule has 4 aliphatic heterocycles. The van der Waals surface area contributed by atoms with E-state index in [0.29, 0.717) is 44.6 Å². The number of fused-ring (bicyclic) bond motifs is 8. The van der Waals surface area contributed by atoms with Crippen molar-refractivity contribution in [1.82, 2.24) is 15.2 Å². The number of hydrogen-bond acceptors (Lipinski definition) is 6. The van der Waals surface area contributed by atoms with Crippen LogP contribution < -0.4 is 10.1 Å². The molecule has 33 heavy (non-hydrogen) atoms. The molecule has 4 bridgehead atoms. The van der Waals surface area contributed by atoms with E-state index in [9.17, 15) is 9.59 Å². The third-order valence-corrected chi connectivity index (χ3v) is 7.70. The summed E-state index contributed by atoms with van der Waals surface area (Å²) in [4.78, 5) is 32.2. The normalized spacial score (nSPS) is 33.7. The van der Waals surface area contributed by atoms with E-state index >= 15 is 0 Å². The Balaban J connectivity index is 1.36. The number of rotatable bonds is 0. The van der Waals surface area contributed by atoms with Crippen LogP contribution in [0.2, 0.25) is 0 Å². The second-order valence-electron chi connectivity index (χ2n) is 9.92. The van der Waals surface area contributed by atoms with Gasteiger partial charge in [0.25, 0.3) is 0 Å². The van der Waals surface area contributed by atoms with Gasteiger partial charge in [0.15, 0.2) is 0 Å². The summed E-state index contributed by atoms with van der Waals surface area (Å²) in [5.74, 6) is 1.11. The zero-order chi connectivity index (χ0) is 22.7. The van der Waals surface area contributed by atoms with Crippen LogP contribution >= 0.6 is 0 Å². The predicted molar refractivity (Wildman–Crippen MR) is 121 cm³/mol. The zero-order valence-corrected chi connectivity index (χ0v) is 19.3. The van der Waals surface area contributed by atoms with Gasteiger partial charge in [-0.05, 0) is 57.4 Å². The van der Waals surface area contributed by atoms with Crippen molar-refractivity contribution in [2.24, 2.45) is 0 Å². The van der Waals surface area contributed by atoms with Crippen molar-refractivity contribution in [2.75, 3.05) is 33.0 Å². The number of hydrogen-bond donors (Lipinski definition) is 1. The number of piperidine rings is 1. The number of pyridine rings is 1. The number of ether oxygens (including phenoxy) is 3. The Morgan fingerprint density at radius 1 is 1.09 bits per heavy atom. The van der Waals surface area contributed by atoms with Crippen molar-refractivity contribution in [3.8, 4) is 5.88 Å². The number of nitrogens with zero attached hydrogens (tertiary/aromatic N) is 2. The van der Waals surface area contributed by atoms with Crippen LogP contribution in [0.5, 0.6) is 5.88 Å². The Morgan fingerprint density at radius 2 is 1.97 bits per heavy atom. The topological polar surface area (TPSA) is 90.0 Å². The number of nitrogens with one attached hydrogen (secondary N) is 1. The highest BCUT2D eigenvalue weighted by Gasteiger charge is 2.49. The van der Waals surface area contributed by atoms with Gasteiger partial charge in [0.1, 0.15) is 6.61 Å². The Morgan fingerprint density at radius 3 is 2.82 bits per heavy atom. The maximum atomic E-state index is 13.3. The van der Waals surface area contributed by atoms with Crippen LogP contribution in [0.4, 0.5) is 0 Å². The summed E-state index contributed by atoms with van der Waals surface area (Å²) in [6.45, 7) is 2.20. The molecule has 0 radical (unpaired) electrons. The number of carbonyl (C=O) groups excluding carboxylic acids is 2. The lowest BCUT2D eigenvalue weighted by Gasteiger charge is -2.51. The second-order valence-corrected chi connectivity index (χ2v) is 9.92. The fourth-order valence-electron chi connectivity index (χ4n) is 5.91. The third kappa shape index (κ3) is 5.01. The molecule has 8 nitrogen and oxygen atoms in total. The predicted octanol–water partition coefficient (Wildman–Crippen LogP) is 2.56. The van der Waals surface area contributed by atoms with E-state index in [0.717, 1.165) is 57.1 Å². The van der Waals surface area contributed by atoms with Gasteiger partial charge in [-0.1, -0.05) is 6.07 Å². The number of aromatic nitrogens is 1. The van der Waals surface area contributed by atoms with Crippen LogP contribution in [0.15, 0.2) is 18.2 Å². The molecule has 6 rings (SSSR count). The summed E-state index contributed by atoms with van der Waals surface area (Å²) in [6.07, 6.45) is 7.81. The molecule has 3 fully saturated rings. The highest BCUT2D eigenvalue weighted by Crippen LogP contribution is 2.36. The van der Waals surface area contributed by atoms with E-state index in [1.54, 1.807) is 0 Å². The Bertz CT molecular complexity index is 852. The minimum atomic E-state index is -0.560. The summed E-state index contributed by atoms with van der Waals surface area (Å²) in [5.41, 5.74) is 0.542. The summed E-state index contributed by atoms with van der Waals surface area (Å²) in [6, 6.07) is 5.83. The van der Waals surface area contributed by atoms with Crippen LogP contribution in [0.25, 0.3) is 0 Å². The van der Waals surface area contributed by atoms with E-state index in [1.807, 2.05) is 17.0 Å². The van der Waals surface area contributed by atoms with Crippen LogP contribution in [0.1, 0.15) is 69.4 Å². The zero-order valence-electron chi connectivity index (χ0n) is 19.3. The molecule has 1 aromatic rings. The van der Waals surface area contributed by atoms with Gasteiger partial charge in [-0.25, -0.2) is 4.98 Å². The Kier molecular flexibility index (Phi) is 6.83. The van der Waals surface area contributed by atoms with E-state index in [1.165, 1.54) is 0 Å². The first-order valence-electron chi connectivity index (χ1n) is 12.5. The van der Waals surface area contributed by atoms with Crippen molar-refractivity contribution >= 4 is 11.8 Å². The molecule has 0 aromatic carbocycles. The standard InChI is InChI=1S/C25H35N3O5/c29-22-16-31-17-25(27-22)12-4-13-28-21(25)15-33-19-10-8-18(9-11-19)20-5-3-6-23(26-20)32-14-2-1-7-24(28)30/h3,5-6,18-19,21H,1-2,4,7-17H2,(H,27,29)/t18?,19?,21-,25+/m0/s1. The minimum Gasteiger partial charge on any atom is -0.478 e. The molecule has 1 spiro atoms. The molecule has 2 saturated heterocycles. The van der Waals surface area contributed by atoms with Gasteiger partial charge in [-0.15, -0.1) is 0 Å². The summed E-state index contributed by atoms with van der Waals surface area (Å²) in [7, 11) is 0. The van der Waals surface area contributed by atoms with Gasteiger partial charge < -0.3 is 24.4 Å². The molecular weight excluding hydrogens is 422 g/mol. The first-order chi connectivity index (χ1) is 16.1. The quantitative estimate of drug-likeness (QED) is 0.644. The lowest BCUT2D eigenvalue weighted by Crippen LogP contribution is -2.71. The van der Waals surface area contributed by atoms with E-state index in [4.69, 9.17) is 19.2 Å². The van der Waals surface area contributed by atoms with E-state index < -0.39 is 5.54 Å². The molecule has 1 aliphatic carbocycles. The second kappa shape index (κ2) is 9.97. The monoisotopic (exact) mass is 457 g/mol. The number of amides is 2. The molecule has 1 aromatic heterocycles. The molecule has 2 atom stereocenters. The average Bonchev–Trinajstić information content (AvgIpc) is 2.83. The maximum Gasteiger partial charge on any atom is 0.246 e. The first kappa shape index (κ1) is 22.6. The molecular formula is C25H35N3O5. The lowest BCUT2D eigenvalue weighted by atomic mass is 9.80. The van der Waals surface area contributed by atoms with Crippen LogP contribution in [0.3, 0.4) is 0 Å². The number of carbonyl (C=O) groups is 2. The van der Waals surface area contributed by atoms with Crippen molar-refractivity contribution in [3.63, 3.8) is 0 Å². The molecule has 1 saturated carbocycles. The molecule has 2 amide bonds. The largest absolute Gasteiger partial charge is 0.478 e.